The van der Waals surface area contributed by atoms with Crippen molar-refractivity contribution in [3.8, 4) is 11.1 Å². The predicted octanol–water partition coefficient (Wildman–Crippen LogP) is 4.92. The van der Waals surface area contributed by atoms with E-state index in [1.54, 1.807) is 6.26 Å². The van der Waals surface area contributed by atoms with Crippen LogP contribution in [0, 0.1) is 0 Å². The van der Waals surface area contributed by atoms with Gasteiger partial charge in [-0.15, -0.1) is 0 Å². The molecular formula is C21H23NO4. The van der Waals surface area contributed by atoms with Crippen LogP contribution in [0.4, 0.5) is 4.79 Å². The summed E-state index contributed by atoms with van der Waals surface area (Å²) >= 11 is 0. The van der Waals surface area contributed by atoms with Crippen molar-refractivity contribution < 1.29 is 19.1 Å². The number of amides is 1. The van der Waals surface area contributed by atoms with Crippen molar-refractivity contribution in [2.24, 2.45) is 5.73 Å². The van der Waals surface area contributed by atoms with Gasteiger partial charge in [-0.2, -0.15) is 0 Å². The average molecular weight is 353 g/mol. The molecule has 0 aliphatic carbocycles. The lowest BCUT2D eigenvalue weighted by Gasteiger charge is -2.18. The van der Waals surface area contributed by atoms with E-state index in [-0.39, 0.29) is 12.7 Å². The van der Waals surface area contributed by atoms with Crippen molar-refractivity contribution in [1.82, 2.24) is 0 Å². The third-order valence-electron chi connectivity index (χ3n) is 4.44. The summed E-state index contributed by atoms with van der Waals surface area (Å²) in [6, 6.07) is 13.5. The largest absolute Gasteiger partial charge is 0.464 e. The molecule has 0 saturated carbocycles. The zero-order valence-electron chi connectivity index (χ0n) is 14.8. The van der Waals surface area contributed by atoms with Crippen LogP contribution in [0.15, 0.2) is 53.1 Å². The molecule has 0 bridgehead atoms. The third-order valence-corrected chi connectivity index (χ3v) is 4.44. The van der Waals surface area contributed by atoms with Gasteiger partial charge in [-0.3, -0.25) is 0 Å². The van der Waals surface area contributed by atoms with Crippen LogP contribution < -0.4 is 5.73 Å². The summed E-state index contributed by atoms with van der Waals surface area (Å²) < 4.78 is 11.0. The van der Waals surface area contributed by atoms with E-state index in [2.05, 4.69) is 6.92 Å². The number of carbonyl (C=O) groups is 1. The van der Waals surface area contributed by atoms with Crippen molar-refractivity contribution >= 4 is 17.1 Å². The number of aliphatic hydroxyl groups is 1. The molecule has 1 amide bonds. The molecule has 0 saturated heterocycles. The minimum Gasteiger partial charge on any atom is -0.464 e. The highest BCUT2D eigenvalue weighted by molar-refractivity contribution is 5.93. The first-order valence-electron chi connectivity index (χ1n) is 8.79. The van der Waals surface area contributed by atoms with Crippen LogP contribution in [0.5, 0.6) is 0 Å². The highest BCUT2D eigenvalue weighted by Crippen LogP contribution is 2.33. The van der Waals surface area contributed by atoms with Crippen molar-refractivity contribution in [3.63, 3.8) is 0 Å². The molecule has 0 aliphatic heterocycles. The van der Waals surface area contributed by atoms with Crippen LogP contribution in [0.3, 0.4) is 0 Å². The Bertz CT molecular complexity index is 900. The number of benzene rings is 2. The molecule has 1 heterocycles. The number of nitrogens with two attached hydrogens (primary N) is 1. The van der Waals surface area contributed by atoms with Gasteiger partial charge in [0.05, 0.1) is 12.9 Å². The Hall–Kier alpha value is -2.79. The maximum atomic E-state index is 11.3. The molecule has 3 aromatic rings. The zero-order valence-corrected chi connectivity index (χ0v) is 14.8. The number of primary amides is 1. The van der Waals surface area contributed by atoms with Gasteiger partial charge >= 0.3 is 6.09 Å². The van der Waals surface area contributed by atoms with E-state index in [4.69, 9.17) is 14.9 Å². The van der Waals surface area contributed by atoms with Gasteiger partial charge in [0.15, 0.2) is 0 Å². The molecule has 5 heteroatoms. The molecule has 0 spiro atoms. The molecule has 2 aromatic carbocycles. The maximum Gasteiger partial charge on any atom is 0.405 e. The molecule has 5 nitrogen and oxygen atoms in total. The van der Waals surface area contributed by atoms with E-state index in [0.29, 0.717) is 0 Å². The van der Waals surface area contributed by atoms with Gasteiger partial charge < -0.3 is 20.0 Å². The van der Waals surface area contributed by atoms with Gasteiger partial charge in [0.1, 0.15) is 11.7 Å². The summed E-state index contributed by atoms with van der Waals surface area (Å²) in [6.07, 6.45) is 3.15. The second-order valence-electron chi connectivity index (χ2n) is 6.33. The monoisotopic (exact) mass is 353 g/mol. The summed E-state index contributed by atoms with van der Waals surface area (Å²) in [5.41, 5.74) is 9.55. The highest BCUT2D eigenvalue weighted by Gasteiger charge is 2.17. The maximum absolute atomic E-state index is 11.3. The fourth-order valence-corrected chi connectivity index (χ4v) is 3.18. The lowest BCUT2D eigenvalue weighted by molar-refractivity contribution is 0.0997. The molecular weight excluding hydrogens is 330 g/mol. The Balaban J connectivity index is 2.03. The summed E-state index contributed by atoms with van der Waals surface area (Å²) in [7, 11) is 0. The van der Waals surface area contributed by atoms with Crippen molar-refractivity contribution in [2.45, 2.75) is 38.9 Å². The first-order valence-corrected chi connectivity index (χ1v) is 8.79. The fourth-order valence-electron chi connectivity index (χ4n) is 3.18. The number of hydrogen-bond donors (Lipinski definition) is 2. The number of fused-ring (bicyclic) bond motifs is 1. The summed E-state index contributed by atoms with van der Waals surface area (Å²) in [4.78, 5) is 11.3. The van der Waals surface area contributed by atoms with E-state index < -0.39 is 6.09 Å². The van der Waals surface area contributed by atoms with Crippen molar-refractivity contribution in [1.29, 1.82) is 0 Å². The van der Waals surface area contributed by atoms with E-state index in [1.807, 2.05) is 42.5 Å². The molecule has 0 aliphatic rings. The van der Waals surface area contributed by atoms with Gasteiger partial charge in [0.25, 0.3) is 0 Å². The van der Waals surface area contributed by atoms with Crippen LogP contribution in [0.25, 0.3) is 22.1 Å². The number of rotatable bonds is 7. The number of ether oxygens (including phenoxy) is 1. The molecule has 0 fully saturated rings. The Morgan fingerprint density at radius 3 is 2.85 bits per heavy atom. The first-order chi connectivity index (χ1) is 12.6. The topological polar surface area (TPSA) is 85.7 Å². The lowest BCUT2D eigenvalue weighted by Crippen LogP contribution is -2.17. The number of hydrogen-bond acceptors (Lipinski definition) is 4. The summed E-state index contributed by atoms with van der Waals surface area (Å²) in [5, 5.41) is 10.5. The predicted molar refractivity (Wildman–Crippen MR) is 101 cm³/mol. The van der Waals surface area contributed by atoms with Crippen molar-refractivity contribution in [2.75, 3.05) is 0 Å². The molecule has 1 aromatic heterocycles. The number of carbonyl (C=O) groups excluding carboxylic acids is 1. The highest BCUT2D eigenvalue weighted by atomic mass is 16.6. The lowest BCUT2D eigenvalue weighted by atomic mass is 9.96. The molecule has 136 valence electrons. The SMILES string of the molecule is CCCCC(OC(N)=O)c1cccc(-c2cc(CO)cc3ccoc23)c1. The normalized spacial score (nSPS) is 12.2. The second-order valence-corrected chi connectivity index (χ2v) is 6.33. The smallest absolute Gasteiger partial charge is 0.405 e. The van der Waals surface area contributed by atoms with E-state index >= 15 is 0 Å². The van der Waals surface area contributed by atoms with Crippen LogP contribution in [-0.4, -0.2) is 11.2 Å². The van der Waals surface area contributed by atoms with Gasteiger partial charge in [-0.1, -0.05) is 31.5 Å². The summed E-state index contributed by atoms with van der Waals surface area (Å²) in [6.45, 7) is 2.05. The fraction of sp³-hybridized carbons (Fsp3) is 0.286. The first kappa shape index (κ1) is 18.0. The quantitative estimate of drug-likeness (QED) is 0.631. The van der Waals surface area contributed by atoms with Crippen LogP contribution in [0.1, 0.15) is 43.4 Å². The Morgan fingerprint density at radius 2 is 2.12 bits per heavy atom. The van der Waals surface area contributed by atoms with Crippen LogP contribution >= 0.6 is 0 Å². The molecule has 0 radical (unpaired) electrons. The average Bonchev–Trinajstić information content (AvgIpc) is 3.12. The van der Waals surface area contributed by atoms with Gasteiger partial charge in [0.2, 0.25) is 0 Å². The summed E-state index contributed by atoms with van der Waals surface area (Å²) in [5.74, 6) is 0. The number of aliphatic hydroxyl groups excluding tert-OH is 1. The Kier molecular flexibility index (Phi) is 5.58. The molecule has 26 heavy (non-hydrogen) atoms. The number of unbranched alkanes of at least 4 members (excludes halogenated alkanes) is 1. The molecule has 1 atom stereocenters. The molecule has 1 unspecified atom stereocenters. The minimum absolute atomic E-state index is 0.0439. The Morgan fingerprint density at radius 1 is 1.27 bits per heavy atom. The third kappa shape index (κ3) is 3.89. The van der Waals surface area contributed by atoms with E-state index in [1.165, 1.54) is 0 Å². The Labute approximate surface area is 152 Å². The molecule has 3 rings (SSSR count). The van der Waals surface area contributed by atoms with Gasteiger partial charge in [-0.25, -0.2) is 4.79 Å². The van der Waals surface area contributed by atoms with E-state index in [9.17, 15) is 9.90 Å². The number of furan rings is 1. The molecule has 3 N–H and O–H groups in total. The standard InChI is InChI=1S/C21H23NO4/c1-2-3-7-19(26-21(22)24)16-6-4-5-15(12-16)18-11-14(13-23)10-17-8-9-25-20(17)18/h4-6,8-12,19,23H,2-3,7,13H2,1H3,(H2,22,24). The van der Waals surface area contributed by atoms with Gasteiger partial charge in [-0.05, 0) is 53.8 Å². The van der Waals surface area contributed by atoms with Crippen LogP contribution in [-0.2, 0) is 11.3 Å². The van der Waals surface area contributed by atoms with Gasteiger partial charge in [0, 0.05) is 10.9 Å². The minimum atomic E-state index is -0.771. The van der Waals surface area contributed by atoms with Crippen LogP contribution in [0.2, 0.25) is 0 Å². The second kappa shape index (κ2) is 8.06. The van der Waals surface area contributed by atoms with Crippen molar-refractivity contribution in [3.05, 3.63) is 59.9 Å². The zero-order chi connectivity index (χ0) is 18.5. The van der Waals surface area contributed by atoms with E-state index in [0.717, 1.165) is 52.5 Å².